The van der Waals surface area contributed by atoms with Crippen LogP contribution in [0.4, 0.5) is 0 Å². The largest absolute Gasteiger partial charge is 1.00 e. The van der Waals surface area contributed by atoms with E-state index in [2.05, 4.69) is 0 Å². The molecular weight excluding hydrogens is 210 g/mol. The summed E-state index contributed by atoms with van der Waals surface area (Å²) >= 11 is 0. The van der Waals surface area contributed by atoms with E-state index in [9.17, 15) is 9.46 Å². The molecule has 0 aliphatic rings. The van der Waals surface area contributed by atoms with Crippen LogP contribution < -0.4 is 34.5 Å². The molecule has 1 aromatic carbocycles. The van der Waals surface area contributed by atoms with Crippen molar-refractivity contribution in [2.45, 2.75) is 6.61 Å². The van der Waals surface area contributed by atoms with Crippen molar-refractivity contribution in [1.29, 1.82) is 0 Å². The number of benzene rings is 1. The van der Waals surface area contributed by atoms with Gasteiger partial charge >= 0.3 is 29.6 Å². The second-order valence-electron chi connectivity index (χ2n) is 2.98. The van der Waals surface area contributed by atoms with Gasteiger partial charge in [-0.1, -0.05) is 30.3 Å². The molecule has 0 aliphatic heterocycles. The van der Waals surface area contributed by atoms with E-state index in [1.807, 2.05) is 30.3 Å². The van der Waals surface area contributed by atoms with Crippen molar-refractivity contribution in [3.63, 3.8) is 0 Å². The topological polar surface area (TPSA) is 49.4 Å². The quantitative estimate of drug-likeness (QED) is 0.457. The molecule has 1 atom stereocenters. The number of hydrogen-bond acceptors (Lipinski definition) is 3. The van der Waals surface area contributed by atoms with Gasteiger partial charge in [-0.05, 0) is 12.2 Å². The molecule has 0 saturated heterocycles. The van der Waals surface area contributed by atoms with E-state index < -0.39 is 7.37 Å². The van der Waals surface area contributed by atoms with E-state index in [4.69, 9.17) is 4.74 Å². The molecule has 0 radical (unpaired) electrons. The standard InChI is InChI=1S/C9H13O3P.Na/c1-13(10,11)8-12-7-9-5-3-2-4-6-9;/h2-6H,7-8H2,1H3,(H,10,11);/q;+1/p-1. The minimum atomic E-state index is -3.27. The van der Waals surface area contributed by atoms with Gasteiger partial charge in [-0.15, -0.1) is 0 Å². The average Bonchev–Trinajstić information content (AvgIpc) is 2.04. The monoisotopic (exact) mass is 222 g/mol. The van der Waals surface area contributed by atoms with Gasteiger partial charge in [0.2, 0.25) is 0 Å². The Morgan fingerprint density at radius 3 is 2.43 bits per heavy atom. The zero-order chi connectivity index (χ0) is 9.73. The van der Waals surface area contributed by atoms with Crippen molar-refractivity contribution in [3.05, 3.63) is 35.9 Å². The smallest absolute Gasteiger partial charge is 0.798 e. The third-order valence-electron chi connectivity index (χ3n) is 1.44. The van der Waals surface area contributed by atoms with Crippen LogP contribution in [0.5, 0.6) is 0 Å². The first-order valence-electron chi connectivity index (χ1n) is 3.97. The summed E-state index contributed by atoms with van der Waals surface area (Å²) in [6.45, 7) is 1.53. The Bertz CT molecular complexity index is 296. The van der Waals surface area contributed by atoms with Crippen LogP contribution >= 0.6 is 7.37 Å². The van der Waals surface area contributed by atoms with Gasteiger partial charge in [0.05, 0.1) is 13.0 Å². The molecule has 0 amide bonds. The van der Waals surface area contributed by atoms with Crippen LogP contribution in [0.15, 0.2) is 30.3 Å². The van der Waals surface area contributed by atoms with E-state index >= 15 is 0 Å². The normalized spacial score (nSPS) is 14.1. The van der Waals surface area contributed by atoms with Crippen LogP contribution in [0.1, 0.15) is 5.56 Å². The first kappa shape index (κ1) is 14.4. The van der Waals surface area contributed by atoms with Crippen molar-refractivity contribution in [2.24, 2.45) is 0 Å². The fourth-order valence-electron chi connectivity index (χ4n) is 0.904. The first-order chi connectivity index (χ1) is 6.08. The summed E-state index contributed by atoms with van der Waals surface area (Å²) in [6.07, 6.45) is -0.193. The average molecular weight is 222 g/mol. The molecule has 1 unspecified atom stereocenters. The Balaban J connectivity index is 0.00000169. The molecular formula is C9H12NaO3P. The molecule has 0 aliphatic carbocycles. The van der Waals surface area contributed by atoms with E-state index in [0.717, 1.165) is 5.56 Å². The minimum absolute atomic E-state index is 0. The van der Waals surface area contributed by atoms with Gasteiger partial charge in [0.15, 0.2) is 0 Å². The second-order valence-corrected chi connectivity index (χ2v) is 5.26. The van der Waals surface area contributed by atoms with Crippen molar-refractivity contribution in [3.8, 4) is 0 Å². The Morgan fingerprint density at radius 2 is 1.93 bits per heavy atom. The predicted octanol–water partition coefficient (Wildman–Crippen LogP) is -1.57. The molecule has 0 bridgehead atoms. The Morgan fingerprint density at radius 1 is 1.36 bits per heavy atom. The first-order valence-corrected chi connectivity index (χ1v) is 6.23. The summed E-state index contributed by atoms with van der Waals surface area (Å²) in [5.74, 6) is 0. The van der Waals surface area contributed by atoms with Gasteiger partial charge in [0.1, 0.15) is 0 Å². The molecule has 0 N–H and O–H groups in total. The molecule has 5 heteroatoms. The Hall–Kier alpha value is 0.370. The van der Waals surface area contributed by atoms with Crippen LogP contribution in [0, 0.1) is 0 Å². The van der Waals surface area contributed by atoms with E-state index in [-0.39, 0.29) is 35.9 Å². The number of hydrogen-bond donors (Lipinski definition) is 0. The van der Waals surface area contributed by atoms with E-state index in [1.54, 1.807) is 0 Å². The third kappa shape index (κ3) is 6.77. The van der Waals surface area contributed by atoms with Crippen LogP contribution in [0.2, 0.25) is 0 Å². The number of ether oxygens (including phenoxy) is 1. The zero-order valence-electron chi connectivity index (χ0n) is 8.47. The van der Waals surface area contributed by atoms with Gasteiger partial charge in [0.25, 0.3) is 0 Å². The maximum absolute atomic E-state index is 10.7. The molecule has 3 nitrogen and oxygen atoms in total. The Labute approximate surface area is 106 Å². The molecule has 1 aromatic rings. The fourth-order valence-corrected chi connectivity index (χ4v) is 1.33. The summed E-state index contributed by atoms with van der Waals surface area (Å²) < 4.78 is 15.7. The second kappa shape index (κ2) is 6.78. The summed E-state index contributed by atoms with van der Waals surface area (Å²) in [7, 11) is -3.27. The van der Waals surface area contributed by atoms with Crippen LogP contribution in [0.3, 0.4) is 0 Å². The van der Waals surface area contributed by atoms with Crippen LogP contribution in [0.25, 0.3) is 0 Å². The van der Waals surface area contributed by atoms with Gasteiger partial charge in [-0.3, -0.25) is 0 Å². The van der Waals surface area contributed by atoms with Crippen LogP contribution in [-0.2, 0) is 15.9 Å². The molecule has 0 aromatic heterocycles. The molecule has 0 heterocycles. The fraction of sp³-hybridized carbons (Fsp3) is 0.333. The summed E-state index contributed by atoms with van der Waals surface area (Å²) in [5.41, 5.74) is 0.982. The predicted molar refractivity (Wildman–Crippen MR) is 49.6 cm³/mol. The van der Waals surface area contributed by atoms with Gasteiger partial charge in [0, 0.05) is 7.37 Å². The Kier molecular flexibility index (Phi) is 6.96. The van der Waals surface area contributed by atoms with E-state index in [1.165, 1.54) is 6.66 Å². The van der Waals surface area contributed by atoms with Gasteiger partial charge in [-0.25, -0.2) is 0 Å². The molecule has 72 valence electrons. The molecule has 0 fully saturated rings. The zero-order valence-corrected chi connectivity index (χ0v) is 11.4. The van der Waals surface area contributed by atoms with Gasteiger partial charge < -0.3 is 14.2 Å². The van der Waals surface area contributed by atoms with Crippen LogP contribution in [-0.4, -0.2) is 13.0 Å². The maximum atomic E-state index is 10.7. The SMILES string of the molecule is CP(=O)([O-])COCc1ccccc1.[Na+]. The summed E-state index contributed by atoms with van der Waals surface area (Å²) in [4.78, 5) is 10.7. The van der Waals surface area contributed by atoms with Crippen molar-refractivity contribution in [2.75, 3.05) is 13.0 Å². The molecule has 14 heavy (non-hydrogen) atoms. The molecule has 0 spiro atoms. The molecule has 0 saturated carbocycles. The maximum Gasteiger partial charge on any atom is 1.00 e. The van der Waals surface area contributed by atoms with Crippen molar-refractivity contribution < 1.29 is 43.8 Å². The summed E-state index contributed by atoms with van der Waals surface area (Å²) in [6, 6.07) is 9.47. The van der Waals surface area contributed by atoms with E-state index in [0.29, 0.717) is 6.61 Å². The number of rotatable bonds is 4. The van der Waals surface area contributed by atoms with Crippen molar-refractivity contribution >= 4 is 7.37 Å². The minimum Gasteiger partial charge on any atom is -0.798 e. The van der Waals surface area contributed by atoms with Crippen molar-refractivity contribution in [1.82, 2.24) is 0 Å². The molecule has 1 rings (SSSR count). The van der Waals surface area contributed by atoms with Gasteiger partial charge in [-0.2, -0.15) is 0 Å². The summed E-state index contributed by atoms with van der Waals surface area (Å²) in [5, 5.41) is 0. The third-order valence-corrected chi connectivity index (χ3v) is 2.09.